The van der Waals surface area contributed by atoms with Crippen LogP contribution in [0.5, 0.6) is 0 Å². The van der Waals surface area contributed by atoms with Crippen LogP contribution in [-0.4, -0.2) is 25.8 Å². The van der Waals surface area contributed by atoms with Crippen molar-refractivity contribution in [2.75, 3.05) is 25.1 Å². The molecule has 0 unspecified atom stereocenters. The number of amides is 2. The summed E-state index contributed by atoms with van der Waals surface area (Å²) >= 11 is 5.52. The highest BCUT2D eigenvalue weighted by molar-refractivity contribution is 6.30. The molecule has 2 amide bonds. The second-order valence-corrected chi connectivity index (χ2v) is 3.61. The van der Waals surface area contributed by atoms with Gasteiger partial charge in [0.15, 0.2) is 0 Å². The number of nitrogens with one attached hydrogen (secondary N) is 2. The zero-order valence-corrected chi connectivity index (χ0v) is 10.2. The van der Waals surface area contributed by atoms with Crippen LogP contribution in [0.3, 0.4) is 0 Å². The van der Waals surface area contributed by atoms with E-state index in [1.54, 1.807) is 0 Å². The van der Waals surface area contributed by atoms with Crippen LogP contribution >= 0.6 is 11.6 Å². The van der Waals surface area contributed by atoms with Gasteiger partial charge in [-0.15, -0.1) is 0 Å². The highest BCUT2D eigenvalue weighted by Gasteiger charge is 2.04. The molecule has 0 bridgehead atoms. The van der Waals surface area contributed by atoms with Crippen LogP contribution in [0, 0.1) is 5.82 Å². The molecule has 1 aromatic carbocycles. The molecular formula is C11H14ClFN2O2. The lowest BCUT2D eigenvalue weighted by molar-refractivity contribution is 0.150. The summed E-state index contributed by atoms with van der Waals surface area (Å²) in [4.78, 5) is 11.3. The van der Waals surface area contributed by atoms with Gasteiger partial charge in [-0.05, 0) is 25.1 Å². The van der Waals surface area contributed by atoms with E-state index < -0.39 is 11.8 Å². The second kappa shape index (κ2) is 7.09. The minimum atomic E-state index is -0.571. The molecule has 0 heterocycles. The molecule has 1 rings (SSSR count). The largest absolute Gasteiger partial charge is 0.380 e. The molecule has 4 nitrogen and oxygen atoms in total. The zero-order chi connectivity index (χ0) is 12.7. The highest BCUT2D eigenvalue weighted by Crippen LogP contribution is 2.18. The summed E-state index contributed by atoms with van der Waals surface area (Å²) in [6, 6.07) is 3.65. The molecule has 2 N–H and O–H groups in total. The molecule has 6 heteroatoms. The van der Waals surface area contributed by atoms with E-state index in [-0.39, 0.29) is 5.02 Å². The van der Waals surface area contributed by atoms with Crippen LogP contribution in [0.4, 0.5) is 14.9 Å². The molecule has 0 radical (unpaired) electrons. The Morgan fingerprint density at radius 2 is 2.29 bits per heavy atom. The van der Waals surface area contributed by atoms with Gasteiger partial charge in [0.05, 0.1) is 11.6 Å². The number of halogens is 2. The molecule has 1 aromatic rings. The van der Waals surface area contributed by atoms with Crippen LogP contribution in [0.15, 0.2) is 18.2 Å². The fourth-order valence-electron chi connectivity index (χ4n) is 1.13. The van der Waals surface area contributed by atoms with Crippen molar-refractivity contribution in [1.29, 1.82) is 0 Å². The Labute approximate surface area is 104 Å². The predicted molar refractivity (Wildman–Crippen MR) is 64.9 cm³/mol. The van der Waals surface area contributed by atoms with Crippen LogP contribution in [0.25, 0.3) is 0 Å². The summed E-state index contributed by atoms with van der Waals surface area (Å²) in [5.41, 5.74) is 0.348. The molecule has 0 aliphatic carbocycles. The van der Waals surface area contributed by atoms with Gasteiger partial charge in [0, 0.05) is 18.8 Å². The lowest BCUT2D eigenvalue weighted by Crippen LogP contribution is -2.31. The first-order valence-electron chi connectivity index (χ1n) is 5.21. The van der Waals surface area contributed by atoms with E-state index in [1.165, 1.54) is 12.1 Å². The number of hydrogen-bond acceptors (Lipinski definition) is 2. The van der Waals surface area contributed by atoms with Crippen LogP contribution in [0.2, 0.25) is 5.02 Å². The van der Waals surface area contributed by atoms with Crippen LogP contribution in [0.1, 0.15) is 6.92 Å². The van der Waals surface area contributed by atoms with Crippen molar-refractivity contribution >= 4 is 23.3 Å². The van der Waals surface area contributed by atoms with Gasteiger partial charge >= 0.3 is 6.03 Å². The summed E-state index contributed by atoms with van der Waals surface area (Å²) in [6.07, 6.45) is 0. The van der Waals surface area contributed by atoms with Gasteiger partial charge in [0.25, 0.3) is 0 Å². The number of benzene rings is 1. The summed E-state index contributed by atoms with van der Waals surface area (Å²) in [6.45, 7) is 3.32. The number of ether oxygens (including phenoxy) is 1. The van der Waals surface area contributed by atoms with E-state index in [1.807, 2.05) is 6.92 Å². The summed E-state index contributed by atoms with van der Waals surface area (Å²) in [5, 5.41) is 5.07. The predicted octanol–water partition coefficient (Wildman–Crippen LogP) is 2.64. The molecule has 0 saturated carbocycles. The number of anilines is 1. The number of urea groups is 1. The third-order valence-corrected chi connectivity index (χ3v) is 2.22. The van der Waals surface area contributed by atoms with E-state index in [0.29, 0.717) is 25.4 Å². The maximum Gasteiger partial charge on any atom is 0.319 e. The Hall–Kier alpha value is -1.33. The SMILES string of the molecule is CCOCCNC(=O)Nc1ccc(Cl)c(F)c1. The lowest BCUT2D eigenvalue weighted by Gasteiger charge is -2.07. The summed E-state index contributed by atoms with van der Waals surface area (Å²) in [5.74, 6) is -0.571. The van der Waals surface area contributed by atoms with Crippen LogP contribution < -0.4 is 10.6 Å². The smallest absolute Gasteiger partial charge is 0.319 e. The molecule has 0 aliphatic rings. The Balaban J connectivity index is 2.37. The fourth-order valence-corrected chi connectivity index (χ4v) is 1.25. The first kappa shape index (κ1) is 13.7. The number of rotatable bonds is 5. The minimum absolute atomic E-state index is 0.0207. The van der Waals surface area contributed by atoms with Gasteiger partial charge in [-0.1, -0.05) is 11.6 Å². The highest BCUT2D eigenvalue weighted by atomic mass is 35.5. The van der Waals surface area contributed by atoms with Gasteiger partial charge in [0.2, 0.25) is 0 Å². The Morgan fingerprint density at radius 1 is 1.53 bits per heavy atom. The molecule has 0 atom stereocenters. The van der Waals surface area contributed by atoms with Crippen molar-refractivity contribution in [3.05, 3.63) is 29.0 Å². The molecule has 17 heavy (non-hydrogen) atoms. The van der Waals surface area contributed by atoms with Crippen molar-refractivity contribution in [2.24, 2.45) is 0 Å². The van der Waals surface area contributed by atoms with Crippen molar-refractivity contribution in [1.82, 2.24) is 5.32 Å². The standard InChI is InChI=1S/C11H14ClFN2O2/c1-2-17-6-5-14-11(16)15-8-3-4-9(12)10(13)7-8/h3-4,7H,2,5-6H2,1H3,(H2,14,15,16). The normalized spacial score (nSPS) is 10.1. The topological polar surface area (TPSA) is 50.4 Å². The van der Waals surface area contributed by atoms with Gasteiger partial charge in [-0.2, -0.15) is 0 Å². The Kier molecular flexibility index (Phi) is 5.72. The van der Waals surface area contributed by atoms with Gasteiger partial charge in [-0.3, -0.25) is 0 Å². The molecule has 0 saturated heterocycles. The average Bonchev–Trinajstić information content (AvgIpc) is 2.30. The third kappa shape index (κ3) is 5.01. The number of hydrogen-bond donors (Lipinski definition) is 2. The first-order chi connectivity index (χ1) is 8.13. The molecule has 0 aromatic heterocycles. The van der Waals surface area contributed by atoms with Gasteiger partial charge in [0.1, 0.15) is 5.82 Å². The number of carbonyl (C=O) groups excluding carboxylic acids is 1. The van der Waals surface area contributed by atoms with Crippen LogP contribution in [-0.2, 0) is 4.74 Å². The Morgan fingerprint density at radius 3 is 2.94 bits per heavy atom. The number of carbonyl (C=O) groups is 1. The van der Waals surface area contributed by atoms with E-state index in [4.69, 9.17) is 16.3 Å². The quantitative estimate of drug-likeness (QED) is 0.800. The minimum Gasteiger partial charge on any atom is -0.380 e. The fraction of sp³-hybridized carbons (Fsp3) is 0.364. The maximum atomic E-state index is 13.1. The zero-order valence-electron chi connectivity index (χ0n) is 9.43. The van der Waals surface area contributed by atoms with Crippen molar-refractivity contribution in [3.8, 4) is 0 Å². The lowest BCUT2D eigenvalue weighted by atomic mass is 10.3. The van der Waals surface area contributed by atoms with Gasteiger partial charge < -0.3 is 15.4 Å². The maximum absolute atomic E-state index is 13.1. The molecule has 0 spiro atoms. The van der Waals surface area contributed by atoms with E-state index in [9.17, 15) is 9.18 Å². The molecular weight excluding hydrogens is 247 g/mol. The van der Waals surface area contributed by atoms with Crippen molar-refractivity contribution < 1.29 is 13.9 Å². The molecule has 0 aliphatic heterocycles. The monoisotopic (exact) mass is 260 g/mol. The average molecular weight is 261 g/mol. The summed E-state index contributed by atoms with van der Waals surface area (Å²) < 4.78 is 18.1. The third-order valence-electron chi connectivity index (χ3n) is 1.91. The van der Waals surface area contributed by atoms with E-state index >= 15 is 0 Å². The Bertz CT molecular complexity index is 388. The van der Waals surface area contributed by atoms with E-state index in [0.717, 1.165) is 6.07 Å². The van der Waals surface area contributed by atoms with Crippen molar-refractivity contribution in [3.63, 3.8) is 0 Å². The van der Waals surface area contributed by atoms with Gasteiger partial charge in [-0.25, -0.2) is 9.18 Å². The van der Waals surface area contributed by atoms with Crippen molar-refractivity contribution in [2.45, 2.75) is 6.92 Å². The summed E-state index contributed by atoms with van der Waals surface area (Å²) in [7, 11) is 0. The molecule has 0 fully saturated rings. The molecule has 94 valence electrons. The first-order valence-corrected chi connectivity index (χ1v) is 5.59. The van der Waals surface area contributed by atoms with E-state index in [2.05, 4.69) is 10.6 Å². The second-order valence-electron chi connectivity index (χ2n) is 3.21.